The Bertz CT molecular complexity index is 1180. The van der Waals surface area contributed by atoms with Crippen molar-refractivity contribution in [3.05, 3.63) is 75.7 Å². The summed E-state index contributed by atoms with van der Waals surface area (Å²) in [5, 5.41) is 5.56. The number of rotatable bonds is 4. The van der Waals surface area contributed by atoms with E-state index in [9.17, 15) is 0 Å². The third kappa shape index (κ3) is 3.32. The lowest BCUT2D eigenvalue weighted by Gasteiger charge is -2.21. The van der Waals surface area contributed by atoms with E-state index in [-0.39, 0.29) is 0 Å². The van der Waals surface area contributed by atoms with E-state index in [1.165, 1.54) is 6.42 Å². The van der Waals surface area contributed by atoms with E-state index < -0.39 is 0 Å². The van der Waals surface area contributed by atoms with Gasteiger partial charge in [0.05, 0.1) is 22.6 Å². The second-order valence-corrected chi connectivity index (χ2v) is 8.71. The summed E-state index contributed by atoms with van der Waals surface area (Å²) in [6, 6.07) is 15.9. The first kappa shape index (κ1) is 18.6. The second-order valence-electron chi connectivity index (χ2n) is 7.38. The van der Waals surface area contributed by atoms with Crippen LogP contribution in [0.1, 0.15) is 36.6 Å². The fraction of sp³-hybridized carbons (Fsp3) is 0.217. The highest BCUT2D eigenvalue weighted by Crippen LogP contribution is 2.39. The van der Waals surface area contributed by atoms with Gasteiger partial charge in [-0.1, -0.05) is 58.2 Å². The lowest BCUT2D eigenvalue weighted by atomic mass is 9.85. The summed E-state index contributed by atoms with van der Waals surface area (Å²) in [6.45, 7) is 2.07. The van der Waals surface area contributed by atoms with Crippen molar-refractivity contribution in [2.75, 3.05) is 0 Å². The molecule has 2 heterocycles. The molecule has 6 heteroatoms. The first-order valence-corrected chi connectivity index (χ1v) is 10.9. The number of hydrogen-bond donors (Lipinski definition) is 0. The Labute approximate surface area is 182 Å². The number of nitrogens with zero attached hydrogens (tertiary/aromatic N) is 3. The van der Waals surface area contributed by atoms with Crippen LogP contribution in [0.3, 0.4) is 0 Å². The molecule has 4 aromatic rings. The van der Waals surface area contributed by atoms with Gasteiger partial charge in [0.1, 0.15) is 5.69 Å². The molecule has 2 aromatic carbocycles. The van der Waals surface area contributed by atoms with E-state index >= 15 is 0 Å². The molecule has 0 spiro atoms. The van der Waals surface area contributed by atoms with Crippen LogP contribution < -0.4 is 0 Å². The first-order chi connectivity index (χ1) is 14.1. The molecule has 0 saturated heterocycles. The fourth-order valence-electron chi connectivity index (χ4n) is 3.72. The van der Waals surface area contributed by atoms with Crippen LogP contribution >= 0.6 is 27.5 Å². The Morgan fingerprint density at radius 2 is 1.86 bits per heavy atom. The third-order valence-corrected chi connectivity index (χ3v) is 6.38. The summed E-state index contributed by atoms with van der Waals surface area (Å²) >= 11 is 10.0. The lowest BCUT2D eigenvalue weighted by Crippen LogP contribution is -2.08. The van der Waals surface area contributed by atoms with E-state index in [1.807, 2.05) is 41.1 Å². The van der Waals surface area contributed by atoms with Crippen molar-refractivity contribution in [1.29, 1.82) is 0 Å². The smallest absolute Gasteiger partial charge is 0.198 e. The molecule has 0 radical (unpaired) electrons. The molecule has 1 saturated carbocycles. The van der Waals surface area contributed by atoms with Crippen LogP contribution in [0.25, 0.3) is 28.4 Å². The minimum atomic E-state index is 0.445. The van der Waals surface area contributed by atoms with Gasteiger partial charge in [-0.3, -0.25) is 0 Å². The highest BCUT2D eigenvalue weighted by atomic mass is 79.9. The van der Waals surface area contributed by atoms with Crippen LogP contribution in [0.2, 0.25) is 5.02 Å². The molecule has 146 valence electrons. The van der Waals surface area contributed by atoms with Crippen LogP contribution in [0.4, 0.5) is 0 Å². The van der Waals surface area contributed by atoms with Crippen molar-refractivity contribution in [3.63, 3.8) is 0 Å². The number of benzene rings is 2. The number of halogens is 2. The van der Waals surface area contributed by atoms with Gasteiger partial charge in [0.2, 0.25) is 0 Å². The van der Waals surface area contributed by atoms with Gasteiger partial charge in [-0.2, -0.15) is 5.10 Å². The number of para-hydroxylation sites is 1. The quantitative estimate of drug-likeness (QED) is 0.318. The molecule has 0 aliphatic heterocycles. The van der Waals surface area contributed by atoms with E-state index in [0.717, 1.165) is 51.4 Å². The Morgan fingerprint density at radius 3 is 2.55 bits per heavy atom. The zero-order chi connectivity index (χ0) is 20.0. The second kappa shape index (κ2) is 7.47. The zero-order valence-electron chi connectivity index (χ0n) is 15.9. The average Bonchev–Trinajstić information content (AvgIpc) is 3.26. The summed E-state index contributed by atoms with van der Waals surface area (Å²) in [5.74, 6) is 1.97. The van der Waals surface area contributed by atoms with Crippen LogP contribution in [0.15, 0.2) is 63.6 Å². The molecule has 1 aliphatic carbocycles. The molecule has 0 bridgehead atoms. The Hall–Kier alpha value is -2.37. The minimum Gasteiger partial charge on any atom is -0.439 e. The van der Waals surface area contributed by atoms with Gasteiger partial charge in [0.15, 0.2) is 11.7 Å². The van der Waals surface area contributed by atoms with Crippen molar-refractivity contribution < 1.29 is 4.42 Å². The summed E-state index contributed by atoms with van der Waals surface area (Å²) in [7, 11) is 0. The standard InChI is InChI=1S/C23H19BrClN3O/c1-14-21(20-13-26-23(29-20)16-5-4-6-16)27-28(19-8-3-2-7-18(19)25)22(14)15-9-11-17(24)12-10-15/h2-3,7-13,16H,4-6H2,1H3. The number of aromatic nitrogens is 3. The monoisotopic (exact) mass is 467 g/mol. The van der Waals surface area contributed by atoms with Crippen LogP contribution in [-0.4, -0.2) is 14.8 Å². The molecule has 0 atom stereocenters. The van der Waals surface area contributed by atoms with Gasteiger partial charge in [0, 0.05) is 21.5 Å². The highest BCUT2D eigenvalue weighted by Gasteiger charge is 2.27. The highest BCUT2D eigenvalue weighted by molar-refractivity contribution is 9.10. The number of oxazole rings is 1. The van der Waals surface area contributed by atoms with E-state index in [1.54, 1.807) is 6.20 Å². The molecule has 4 nitrogen and oxygen atoms in total. The van der Waals surface area contributed by atoms with Gasteiger partial charge in [0.25, 0.3) is 0 Å². The SMILES string of the molecule is Cc1c(-c2cnc(C3CCC3)o2)nn(-c2ccccc2Cl)c1-c1ccc(Br)cc1. The fourth-order valence-corrected chi connectivity index (χ4v) is 4.20. The van der Waals surface area contributed by atoms with Gasteiger partial charge in [-0.05, 0) is 44.0 Å². The maximum absolute atomic E-state index is 6.52. The molecule has 0 N–H and O–H groups in total. The molecule has 0 amide bonds. The van der Waals surface area contributed by atoms with Crippen LogP contribution in [0, 0.1) is 6.92 Å². The van der Waals surface area contributed by atoms with Gasteiger partial charge < -0.3 is 4.42 Å². The largest absolute Gasteiger partial charge is 0.439 e. The van der Waals surface area contributed by atoms with Crippen molar-refractivity contribution >= 4 is 27.5 Å². The molecule has 1 fully saturated rings. The number of hydrogen-bond acceptors (Lipinski definition) is 3. The normalized spacial score (nSPS) is 14.2. The first-order valence-electron chi connectivity index (χ1n) is 9.68. The Kier molecular flexibility index (Phi) is 4.80. The maximum Gasteiger partial charge on any atom is 0.198 e. The summed E-state index contributed by atoms with van der Waals surface area (Å²) < 4.78 is 9.05. The zero-order valence-corrected chi connectivity index (χ0v) is 18.2. The lowest BCUT2D eigenvalue weighted by molar-refractivity contribution is 0.338. The molecule has 1 aliphatic rings. The summed E-state index contributed by atoms with van der Waals surface area (Å²) in [4.78, 5) is 4.52. The van der Waals surface area contributed by atoms with Crippen molar-refractivity contribution in [2.45, 2.75) is 32.1 Å². The topological polar surface area (TPSA) is 43.9 Å². The molecular formula is C23H19BrClN3O. The third-order valence-electron chi connectivity index (χ3n) is 5.53. The van der Waals surface area contributed by atoms with Crippen molar-refractivity contribution in [3.8, 4) is 28.4 Å². The van der Waals surface area contributed by atoms with E-state index in [0.29, 0.717) is 16.7 Å². The van der Waals surface area contributed by atoms with Crippen molar-refractivity contribution in [1.82, 2.24) is 14.8 Å². The summed E-state index contributed by atoms with van der Waals surface area (Å²) in [5.41, 5.74) is 4.70. The Balaban J connectivity index is 1.69. The molecule has 5 rings (SSSR count). The molecule has 2 aromatic heterocycles. The maximum atomic E-state index is 6.52. The van der Waals surface area contributed by atoms with Gasteiger partial charge in [-0.25, -0.2) is 9.67 Å². The predicted octanol–water partition coefficient (Wildman–Crippen LogP) is 7.19. The minimum absolute atomic E-state index is 0.445. The molecular weight excluding hydrogens is 450 g/mol. The van der Waals surface area contributed by atoms with Gasteiger partial charge in [-0.15, -0.1) is 0 Å². The predicted molar refractivity (Wildman–Crippen MR) is 119 cm³/mol. The van der Waals surface area contributed by atoms with Crippen molar-refractivity contribution in [2.24, 2.45) is 0 Å². The van der Waals surface area contributed by atoms with Crippen LogP contribution in [-0.2, 0) is 0 Å². The van der Waals surface area contributed by atoms with E-state index in [2.05, 4.69) is 40.0 Å². The Morgan fingerprint density at radius 1 is 1.10 bits per heavy atom. The van der Waals surface area contributed by atoms with Crippen LogP contribution in [0.5, 0.6) is 0 Å². The van der Waals surface area contributed by atoms with Gasteiger partial charge >= 0.3 is 0 Å². The molecule has 0 unspecified atom stereocenters. The average molecular weight is 469 g/mol. The summed E-state index contributed by atoms with van der Waals surface area (Å²) in [6.07, 6.45) is 5.34. The molecule has 29 heavy (non-hydrogen) atoms. The van der Waals surface area contributed by atoms with E-state index in [4.69, 9.17) is 21.1 Å².